The summed E-state index contributed by atoms with van der Waals surface area (Å²) in [6, 6.07) is 4.02. The number of hydrogen-bond acceptors (Lipinski definition) is 5. The number of benzene rings is 1. The van der Waals surface area contributed by atoms with E-state index in [2.05, 4.69) is 15.1 Å². The standard InChI is InChI=1S/C13H8ClFN4O/c14-10-3-8(15)1-2-9(10)11-12(20-19-13(11)16)7-4-17-6-18-5-7/h1-6H,(H2,16,19). The van der Waals surface area contributed by atoms with Crippen LogP contribution in [0.15, 0.2) is 41.4 Å². The second kappa shape index (κ2) is 4.90. The van der Waals surface area contributed by atoms with Crippen molar-refractivity contribution in [1.82, 2.24) is 15.1 Å². The van der Waals surface area contributed by atoms with Crippen LogP contribution in [-0.2, 0) is 0 Å². The summed E-state index contributed by atoms with van der Waals surface area (Å²) in [5, 5.41) is 3.95. The van der Waals surface area contributed by atoms with Crippen LogP contribution in [0.25, 0.3) is 22.5 Å². The fourth-order valence-electron chi connectivity index (χ4n) is 1.87. The van der Waals surface area contributed by atoms with Crippen molar-refractivity contribution in [1.29, 1.82) is 0 Å². The number of hydrogen-bond donors (Lipinski definition) is 1. The van der Waals surface area contributed by atoms with Crippen LogP contribution in [0.3, 0.4) is 0 Å². The average Bonchev–Trinajstić information content (AvgIpc) is 2.82. The highest BCUT2D eigenvalue weighted by molar-refractivity contribution is 6.33. The first kappa shape index (κ1) is 12.6. The van der Waals surface area contributed by atoms with Crippen molar-refractivity contribution < 1.29 is 8.91 Å². The van der Waals surface area contributed by atoms with Gasteiger partial charge >= 0.3 is 0 Å². The van der Waals surface area contributed by atoms with Crippen molar-refractivity contribution in [2.75, 3.05) is 5.73 Å². The van der Waals surface area contributed by atoms with E-state index in [9.17, 15) is 4.39 Å². The number of aromatic nitrogens is 3. The predicted octanol–water partition coefficient (Wildman–Crippen LogP) is 3.17. The predicted molar refractivity (Wildman–Crippen MR) is 72.3 cm³/mol. The molecule has 0 unspecified atom stereocenters. The minimum absolute atomic E-state index is 0.164. The van der Waals surface area contributed by atoms with Gasteiger partial charge in [0.15, 0.2) is 11.6 Å². The maximum absolute atomic E-state index is 13.1. The average molecular weight is 291 g/mol. The van der Waals surface area contributed by atoms with Gasteiger partial charge in [0.05, 0.1) is 16.1 Å². The molecule has 0 aliphatic heterocycles. The number of nitrogen functional groups attached to an aromatic ring is 1. The molecule has 7 heteroatoms. The molecule has 0 radical (unpaired) electrons. The third kappa shape index (κ3) is 2.10. The van der Waals surface area contributed by atoms with Crippen LogP contribution < -0.4 is 5.73 Å². The molecule has 0 fully saturated rings. The van der Waals surface area contributed by atoms with Crippen molar-refractivity contribution in [2.24, 2.45) is 0 Å². The highest BCUT2D eigenvalue weighted by Gasteiger charge is 2.20. The zero-order valence-electron chi connectivity index (χ0n) is 10.0. The molecule has 3 rings (SSSR count). The Bertz CT molecular complexity index is 760. The van der Waals surface area contributed by atoms with Crippen LogP contribution in [0, 0.1) is 5.82 Å². The molecule has 0 saturated carbocycles. The van der Waals surface area contributed by atoms with Gasteiger partial charge in [-0.3, -0.25) is 0 Å². The van der Waals surface area contributed by atoms with E-state index < -0.39 is 5.82 Å². The molecule has 20 heavy (non-hydrogen) atoms. The second-order valence-corrected chi connectivity index (χ2v) is 4.43. The number of anilines is 1. The Hall–Kier alpha value is -2.47. The van der Waals surface area contributed by atoms with Gasteiger partial charge in [0.1, 0.15) is 12.1 Å². The first-order valence-corrected chi connectivity index (χ1v) is 6.00. The number of rotatable bonds is 2. The van der Waals surface area contributed by atoms with Crippen LogP contribution in [0.5, 0.6) is 0 Å². The summed E-state index contributed by atoms with van der Waals surface area (Å²) in [7, 11) is 0. The summed E-state index contributed by atoms with van der Waals surface area (Å²) >= 11 is 6.06. The summed E-state index contributed by atoms with van der Waals surface area (Å²) in [4.78, 5) is 7.82. The van der Waals surface area contributed by atoms with Gasteiger partial charge in [-0.05, 0) is 18.2 Å². The SMILES string of the molecule is Nc1noc(-c2cncnc2)c1-c1ccc(F)cc1Cl. The van der Waals surface area contributed by atoms with E-state index in [4.69, 9.17) is 21.9 Å². The second-order valence-electron chi connectivity index (χ2n) is 4.02. The monoisotopic (exact) mass is 290 g/mol. The summed E-state index contributed by atoms with van der Waals surface area (Å²) in [6.07, 6.45) is 4.52. The largest absolute Gasteiger partial charge is 0.380 e. The number of nitrogens with two attached hydrogens (primary N) is 1. The first-order chi connectivity index (χ1) is 9.66. The van der Waals surface area contributed by atoms with Crippen molar-refractivity contribution in [2.45, 2.75) is 0 Å². The zero-order valence-corrected chi connectivity index (χ0v) is 10.8. The molecule has 100 valence electrons. The molecule has 2 aromatic heterocycles. The number of halogens is 2. The minimum Gasteiger partial charge on any atom is -0.380 e. The molecular weight excluding hydrogens is 283 g/mol. The maximum atomic E-state index is 13.1. The molecule has 0 saturated heterocycles. The van der Waals surface area contributed by atoms with Crippen molar-refractivity contribution in [3.8, 4) is 22.5 Å². The molecule has 0 aliphatic carbocycles. The maximum Gasteiger partial charge on any atom is 0.180 e. The van der Waals surface area contributed by atoms with Gasteiger partial charge in [0.25, 0.3) is 0 Å². The van der Waals surface area contributed by atoms with Gasteiger partial charge < -0.3 is 10.3 Å². The van der Waals surface area contributed by atoms with E-state index >= 15 is 0 Å². The Morgan fingerprint density at radius 2 is 1.95 bits per heavy atom. The zero-order chi connectivity index (χ0) is 14.1. The van der Waals surface area contributed by atoms with Gasteiger partial charge in [-0.25, -0.2) is 14.4 Å². The van der Waals surface area contributed by atoms with E-state index in [1.54, 1.807) is 12.4 Å². The Labute approximate surface area is 118 Å². The van der Waals surface area contributed by atoms with E-state index in [1.807, 2.05) is 0 Å². The van der Waals surface area contributed by atoms with Gasteiger partial charge in [-0.2, -0.15) is 0 Å². The Morgan fingerprint density at radius 1 is 1.20 bits per heavy atom. The normalized spacial score (nSPS) is 10.7. The molecule has 0 bridgehead atoms. The molecule has 5 nitrogen and oxygen atoms in total. The van der Waals surface area contributed by atoms with E-state index in [0.29, 0.717) is 22.5 Å². The third-order valence-corrected chi connectivity index (χ3v) is 3.05. The van der Waals surface area contributed by atoms with E-state index in [1.165, 1.54) is 24.5 Å². The van der Waals surface area contributed by atoms with Crippen molar-refractivity contribution >= 4 is 17.4 Å². The fraction of sp³-hybridized carbons (Fsp3) is 0. The number of nitrogens with zero attached hydrogens (tertiary/aromatic N) is 3. The van der Waals surface area contributed by atoms with Crippen molar-refractivity contribution in [3.63, 3.8) is 0 Å². The molecule has 0 atom stereocenters. The Balaban J connectivity index is 2.22. The van der Waals surface area contributed by atoms with Crippen molar-refractivity contribution in [3.05, 3.63) is 47.8 Å². The van der Waals surface area contributed by atoms with Crippen LogP contribution in [0.4, 0.5) is 10.2 Å². The lowest BCUT2D eigenvalue weighted by Gasteiger charge is -2.04. The highest BCUT2D eigenvalue weighted by atomic mass is 35.5. The first-order valence-electron chi connectivity index (χ1n) is 5.63. The molecular formula is C13H8ClFN4O. The van der Waals surface area contributed by atoms with Gasteiger partial charge in [-0.15, -0.1) is 0 Å². The highest BCUT2D eigenvalue weighted by Crippen LogP contribution is 2.39. The smallest absolute Gasteiger partial charge is 0.180 e. The summed E-state index contributed by atoms with van der Waals surface area (Å²) in [6.45, 7) is 0. The van der Waals surface area contributed by atoms with Crippen LogP contribution in [0.2, 0.25) is 5.02 Å². The fourth-order valence-corrected chi connectivity index (χ4v) is 2.13. The molecule has 3 aromatic rings. The Kier molecular flexibility index (Phi) is 3.08. The van der Waals surface area contributed by atoms with Crippen LogP contribution in [0.1, 0.15) is 0 Å². The molecule has 1 aromatic carbocycles. The topological polar surface area (TPSA) is 77.8 Å². The van der Waals surface area contributed by atoms with E-state index in [0.717, 1.165) is 0 Å². The lowest BCUT2D eigenvalue weighted by atomic mass is 10.0. The summed E-state index contributed by atoms with van der Waals surface area (Å²) in [5.74, 6) is 0.118. The lowest BCUT2D eigenvalue weighted by molar-refractivity contribution is 0.436. The summed E-state index contributed by atoms with van der Waals surface area (Å²) < 4.78 is 18.4. The lowest BCUT2D eigenvalue weighted by Crippen LogP contribution is -1.91. The quantitative estimate of drug-likeness (QED) is 0.784. The summed E-state index contributed by atoms with van der Waals surface area (Å²) in [5.41, 5.74) is 7.45. The molecule has 2 N–H and O–H groups in total. The molecule has 0 amide bonds. The van der Waals surface area contributed by atoms with Crippen LogP contribution in [-0.4, -0.2) is 15.1 Å². The van der Waals surface area contributed by atoms with Crippen LogP contribution >= 0.6 is 11.6 Å². The van der Waals surface area contributed by atoms with Gasteiger partial charge in [-0.1, -0.05) is 16.8 Å². The van der Waals surface area contributed by atoms with Gasteiger partial charge in [0, 0.05) is 18.0 Å². The van der Waals surface area contributed by atoms with E-state index in [-0.39, 0.29) is 10.8 Å². The Morgan fingerprint density at radius 3 is 2.65 bits per heavy atom. The molecule has 0 spiro atoms. The minimum atomic E-state index is -0.432. The molecule has 0 aliphatic rings. The molecule has 2 heterocycles. The third-order valence-electron chi connectivity index (χ3n) is 2.74. The van der Waals surface area contributed by atoms with Gasteiger partial charge in [0.2, 0.25) is 0 Å².